The Kier molecular flexibility index (Phi) is 3.60. The van der Waals surface area contributed by atoms with Gasteiger partial charge < -0.3 is 20.1 Å². The van der Waals surface area contributed by atoms with E-state index in [1.165, 1.54) is 0 Å². The highest BCUT2D eigenvalue weighted by molar-refractivity contribution is 6.17. The number of benzene rings is 1. The van der Waals surface area contributed by atoms with Crippen LogP contribution < -0.4 is 0 Å². The highest BCUT2D eigenvalue weighted by Gasteiger charge is 2.38. The summed E-state index contributed by atoms with van der Waals surface area (Å²) in [7, 11) is 0. The molecular formula is C16H16O7. The van der Waals surface area contributed by atoms with Gasteiger partial charge in [-0.3, -0.25) is 14.4 Å². The molecule has 0 bridgehead atoms. The summed E-state index contributed by atoms with van der Waals surface area (Å²) in [6.45, 7) is 1.60. The highest BCUT2D eigenvalue weighted by Crippen LogP contribution is 2.47. The Morgan fingerprint density at radius 2 is 1.70 bits per heavy atom. The number of fused-ring (bicyclic) bond motifs is 2. The van der Waals surface area contributed by atoms with Gasteiger partial charge in [0, 0.05) is 30.4 Å². The lowest BCUT2D eigenvalue weighted by Gasteiger charge is -2.33. The number of carboxylic acids is 1. The Morgan fingerprint density at radius 3 is 2.26 bits per heavy atom. The molecule has 1 aliphatic carbocycles. The molecule has 1 aromatic rings. The van der Waals surface area contributed by atoms with E-state index in [4.69, 9.17) is 9.84 Å². The van der Waals surface area contributed by atoms with Crippen molar-refractivity contribution in [2.45, 2.75) is 44.8 Å². The lowest BCUT2D eigenvalue weighted by molar-refractivity contribution is -0.141. The number of hydrogen-bond donors (Lipinski definition) is 3. The highest BCUT2D eigenvalue weighted by atomic mass is 16.5. The number of hydrogen-bond acceptors (Lipinski definition) is 6. The summed E-state index contributed by atoms with van der Waals surface area (Å²) in [6, 6.07) is 0. The van der Waals surface area contributed by atoms with E-state index >= 15 is 0 Å². The molecule has 0 spiro atoms. The van der Waals surface area contributed by atoms with Gasteiger partial charge in [0.05, 0.1) is 29.8 Å². The number of phenolic OH excluding ortho intramolecular Hbond substituents is 2. The van der Waals surface area contributed by atoms with Crippen LogP contribution in [0.1, 0.15) is 64.1 Å². The molecule has 1 aliphatic heterocycles. The van der Waals surface area contributed by atoms with Crippen molar-refractivity contribution >= 4 is 17.5 Å². The van der Waals surface area contributed by atoms with Crippen molar-refractivity contribution < 1.29 is 34.4 Å². The van der Waals surface area contributed by atoms with E-state index < -0.39 is 29.7 Å². The van der Waals surface area contributed by atoms with E-state index in [9.17, 15) is 24.6 Å². The van der Waals surface area contributed by atoms with Gasteiger partial charge in [0.15, 0.2) is 11.6 Å². The number of aromatic hydroxyl groups is 2. The molecule has 0 radical (unpaired) electrons. The van der Waals surface area contributed by atoms with Gasteiger partial charge in [-0.1, -0.05) is 0 Å². The zero-order valence-corrected chi connectivity index (χ0v) is 12.5. The van der Waals surface area contributed by atoms with Crippen molar-refractivity contribution in [1.82, 2.24) is 0 Å². The Hall–Kier alpha value is -2.41. The molecule has 0 amide bonds. The summed E-state index contributed by atoms with van der Waals surface area (Å²) in [5.74, 6) is -2.51. The molecule has 7 heteroatoms. The van der Waals surface area contributed by atoms with Crippen molar-refractivity contribution in [2.75, 3.05) is 0 Å². The van der Waals surface area contributed by atoms with Crippen LogP contribution in [-0.4, -0.2) is 39.0 Å². The number of ketones is 2. The molecule has 122 valence electrons. The third-order valence-corrected chi connectivity index (χ3v) is 4.36. The second kappa shape index (κ2) is 5.34. The summed E-state index contributed by atoms with van der Waals surface area (Å²) in [5, 5.41) is 29.8. The molecular weight excluding hydrogens is 304 g/mol. The van der Waals surface area contributed by atoms with Gasteiger partial charge in [-0.15, -0.1) is 0 Å². The SMILES string of the molecule is C[C@H]1O[C@H](CC(=O)O)Cc2c(O)c3c(c(O)c21)C(=O)CCC3=O. The fourth-order valence-electron chi connectivity index (χ4n) is 3.40. The molecule has 2 atom stereocenters. The zero-order valence-electron chi connectivity index (χ0n) is 12.5. The number of carbonyl (C=O) groups excluding carboxylic acids is 2. The molecule has 1 aromatic carbocycles. The van der Waals surface area contributed by atoms with Crippen LogP contribution in [0, 0.1) is 0 Å². The fraction of sp³-hybridized carbons (Fsp3) is 0.438. The summed E-state index contributed by atoms with van der Waals surface area (Å²) in [5.41, 5.74) is 0.241. The van der Waals surface area contributed by atoms with Crippen LogP contribution in [0.15, 0.2) is 0 Å². The standard InChI is InChI=1S/C16H16O7/c1-6-12-8(4-7(23-6)5-11(19)20)15(21)13-9(17)2-3-10(18)14(13)16(12)22/h6-7,21-22H,2-5H2,1H3,(H,19,20)/t6-,7+/m1/s1. The van der Waals surface area contributed by atoms with Gasteiger partial charge in [-0.25, -0.2) is 0 Å². The monoisotopic (exact) mass is 320 g/mol. The molecule has 0 unspecified atom stereocenters. The van der Waals surface area contributed by atoms with Crippen molar-refractivity contribution in [3.63, 3.8) is 0 Å². The van der Waals surface area contributed by atoms with Crippen LogP contribution in [0.5, 0.6) is 11.5 Å². The fourth-order valence-corrected chi connectivity index (χ4v) is 3.40. The minimum Gasteiger partial charge on any atom is -0.507 e. The van der Waals surface area contributed by atoms with Crippen LogP contribution in [-0.2, 0) is 16.0 Å². The topological polar surface area (TPSA) is 121 Å². The van der Waals surface area contributed by atoms with Gasteiger partial charge >= 0.3 is 5.97 Å². The molecule has 0 aromatic heterocycles. The number of phenols is 2. The number of aliphatic carboxylic acids is 1. The van der Waals surface area contributed by atoms with Crippen molar-refractivity contribution in [3.05, 3.63) is 22.3 Å². The maximum Gasteiger partial charge on any atom is 0.305 e. The Labute approximate surface area is 131 Å². The normalized spacial score (nSPS) is 23.3. The van der Waals surface area contributed by atoms with Gasteiger partial charge in [-0.05, 0) is 6.92 Å². The predicted octanol–water partition coefficient (Wildman–Crippen LogP) is 1.73. The third-order valence-electron chi connectivity index (χ3n) is 4.36. The largest absolute Gasteiger partial charge is 0.507 e. The third kappa shape index (κ3) is 2.37. The van der Waals surface area contributed by atoms with Crippen LogP contribution in [0.2, 0.25) is 0 Å². The van der Waals surface area contributed by atoms with Gasteiger partial charge in [0.2, 0.25) is 0 Å². The van der Waals surface area contributed by atoms with Crippen LogP contribution in [0.4, 0.5) is 0 Å². The van der Waals surface area contributed by atoms with Crippen LogP contribution in [0.25, 0.3) is 0 Å². The summed E-state index contributed by atoms with van der Waals surface area (Å²) in [4.78, 5) is 35.0. The first-order valence-corrected chi connectivity index (χ1v) is 7.35. The summed E-state index contributed by atoms with van der Waals surface area (Å²) >= 11 is 0. The first-order valence-electron chi connectivity index (χ1n) is 7.35. The molecule has 2 aliphatic rings. The van der Waals surface area contributed by atoms with E-state index in [2.05, 4.69) is 0 Å². The van der Waals surface area contributed by atoms with Gasteiger partial charge in [-0.2, -0.15) is 0 Å². The van der Waals surface area contributed by atoms with E-state index in [-0.39, 0.29) is 59.4 Å². The van der Waals surface area contributed by atoms with Crippen molar-refractivity contribution in [2.24, 2.45) is 0 Å². The molecule has 3 N–H and O–H groups in total. The summed E-state index contributed by atoms with van der Waals surface area (Å²) < 4.78 is 5.56. The Morgan fingerprint density at radius 1 is 1.13 bits per heavy atom. The molecule has 23 heavy (non-hydrogen) atoms. The second-order valence-corrected chi connectivity index (χ2v) is 5.89. The number of carboxylic acid groups (broad SMARTS) is 1. The van der Waals surface area contributed by atoms with Crippen LogP contribution in [0.3, 0.4) is 0 Å². The van der Waals surface area contributed by atoms with Gasteiger partial charge in [0.25, 0.3) is 0 Å². The lowest BCUT2D eigenvalue weighted by Crippen LogP contribution is -2.29. The first-order chi connectivity index (χ1) is 10.8. The average Bonchev–Trinajstić information content (AvgIpc) is 2.45. The minimum atomic E-state index is -1.04. The molecule has 0 saturated carbocycles. The van der Waals surface area contributed by atoms with Gasteiger partial charge in [0.1, 0.15) is 11.5 Å². The smallest absolute Gasteiger partial charge is 0.305 e. The number of carbonyl (C=O) groups is 3. The number of ether oxygens (including phenoxy) is 1. The quantitative estimate of drug-likeness (QED) is 0.709. The maximum absolute atomic E-state index is 12.1. The second-order valence-electron chi connectivity index (χ2n) is 5.89. The van der Waals surface area contributed by atoms with E-state index in [1.807, 2.05) is 0 Å². The molecule has 3 rings (SSSR count). The van der Waals surface area contributed by atoms with E-state index in [0.29, 0.717) is 0 Å². The zero-order chi connectivity index (χ0) is 16.9. The lowest BCUT2D eigenvalue weighted by atomic mass is 9.81. The molecule has 1 heterocycles. The van der Waals surface area contributed by atoms with Crippen molar-refractivity contribution in [3.8, 4) is 11.5 Å². The van der Waals surface area contributed by atoms with E-state index in [0.717, 1.165) is 0 Å². The Bertz CT molecular complexity index is 735. The van der Waals surface area contributed by atoms with Crippen molar-refractivity contribution in [1.29, 1.82) is 0 Å². The Balaban J connectivity index is 2.19. The molecule has 0 fully saturated rings. The summed E-state index contributed by atoms with van der Waals surface area (Å²) in [6.07, 6.45) is -1.58. The molecule has 7 nitrogen and oxygen atoms in total. The van der Waals surface area contributed by atoms with Crippen LogP contribution >= 0.6 is 0 Å². The predicted molar refractivity (Wildman–Crippen MR) is 76.9 cm³/mol. The maximum atomic E-state index is 12.1. The number of Topliss-reactive ketones (excluding diaryl/α,β-unsaturated/α-hetero) is 2. The number of rotatable bonds is 2. The average molecular weight is 320 g/mol. The molecule has 0 saturated heterocycles. The van der Waals surface area contributed by atoms with E-state index in [1.54, 1.807) is 6.92 Å². The first kappa shape index (κ1) is 15.5. The minimum absolute atomic E-state index is 0.00546.